The molecule has 1 saturated carbocycles. The van der Waals surface area contributed by atoms with Crippen LogP contribution in [0.15, 0.2) is 73.4 Å². The van der Waals surface area contributed by atoms with Crippen molar-refractivity contribution >= 4 is 44.7 Å². The molecule has 8 N–H and O–H groups in total. The Bertz CT molecular complexity index is 1720. The number of nitrogens with one attached hydrogen (secondary N) is 2. The van der Waals surface area contributed by atoms with Gasteiger partial charge >= 0.3 is 0 Å². The molecule has 9 nitrogen and oxygen atoms in total. The summed E-state index contributed by atoms with van der Waals surface area (Å²) in [6.07, 6.45) is 4.92. The van der Waals surface area contributed by atoms with Gasteiger partial charge in [0.05, 0.1) is 21.3 Å². The Morgan fingerprint density at radius 1 is 1.07 bits per heavy atom. The van der Waals surface area contributed by atoms with Gasteiger partial charge in [0.15, 0.2) is 5.78 Å². The van der Waals surface area contributed by atoms with Gasteiger partial charge < -0.3 is 27.8 Å². The van der Waals surface area contributed by atoms with E-state index in [-0.39, 0.29) is 23.9 Å². The lowest BCUT2D eigenvalue weighted by atomic mass is 9.70. The summed E-state index contributed by atoms with van der Waals surface area (Å²) >= 11 is 1.22. The second-order valence-corrected chi connectivity index (χ2v) is 11.6. The first-order valence-electron chi connectivity index (χ1n) is 13.4. The van der Waals surface area contributed by atoms with E-state index in [1.165, 1.54) is 17.4 Å². The summed E-state index contributed by atoms with van der Waals surface area (Å²) in [7, 11) is 0. The third-order valence-corrected chi connectivity index (χ3v) is 9.36. The molecule has 2 heterocycles. The van der Waals surface area contributed by atoms with E-state index < -0.39 is 17.4 Å². The topological polar surface area (TPSA) is 166 Å². The molecule has 4 aromatic rings. The Morgan fingerprint density at radius 3 is 2.54 bits per heavy atom. The highest BCUT2D eigenvalue weighted by Crippen LogP contribution is 2.49. The van der Waals surface area contributed by atoms with E-state index in [2.05, 4.69) is 22.2 Å². The van der Waals surface area contributed by atoms with Crippen LogP contribution in [-0.2, 0) is 15.1 Å². The maximum Gasteiger partial charge on any atom is 0.261 e. The van der Waals surface area contributed by atoms with Gasteiger partial charge in [0.1, 0.15) is 5.54 Å². The number of hydrogen-bond donors (Lipinski definition) is 5. The molecule has 1 fully saturated rings. The average molecular weight is 567 g/mol. The first kappa shape index (κ1) is 26.8. The summed E-state index contributed by atoms with van der Waals surface area (Å²) in [5.41, 5.74) is 22.1. The van der Waals surface area contributed by atoms with Gasteiger partial charge in [-0.15, -0.1) is 11.3 Å². The second kappa shape index (κ2) is 10.2. The van der Waals surface area contributed by atoms with Crippen LogP contribution in [0.1, 0.15) is 51.7 Å². The van der Waals surface area contributed by atoms with E-state index in [4.69, 9.17) is 17.2 Å². The molecule has 0 spiro atoms. The lowest BCUT2D eigenvalue weighted by Crippen LogP contribution is -2.52. The largest absolute Gasteiger partial charge is 0.398 e. The van der Waals surface area contributed by atoms with Gasteiger partial charge in [-0.2, -0.15) is 0 Å². The number of Topliss-reactive ketones (excluding diaryl/α,β-unsaturated/α-hetero) is 1. The van der Waals surface area contributed by atoms with Gasteiger partial charge in [-0.1, -0.05) is 43.0 Å². The van der Waals surface area contributed by atoms with E-state index in [0.717, 1.165) is 12.0 Å². The number of pyridine rings is 1. The minimum Gasteiger partial charge on any atom is -0.398 e. The number of carbonyl (C=O) groups excluding carboxylic acids is 3. The fourth-order valence-corrected chi connectivity index (χ4v) is 7.25. The lowest BCUT2D eigenvalue weighted by Gasteiger charge is -2.36. The molecule has 4 atom stereocenters. The first-order valence-corrected chi connectivity index (χ1v) is 14.2. The highest BCUT2D eigenvalue weighted by molar-refractivity contribution is 7.21. The van der Waals surface area contributed by atoms with Crippen molar-refractivity contribution in [2.45, 2.75) is 42.9 Å². The number of thiophene rings is 1. The van der Waals surface area contributed by atoms with Gasteiger partial charge in [-0.3, -0.25) is 19.4 Å². The Kier molecular flexibility index (Phi) is 6.69. The maximum atomic E-state index is 14.1. The second-order valence-electron chi connectivity index (χ2n) is 10.6. The molecule has 2 aliphatic rings. The molecular weight excluding hydrogens is 536 g/mol. The minimum atomic E-state index is -1.57. The molecule has 2 unspecified atom stereocenters. The molecule has 41 heavy (non-hydrogen) atoms. The minimum absolute atomic E-state index is 0.0448. The Hall–Kier alpha value is -4.38. The standard InChI is InChI=1S/C31H30N6O3S/c1-2-23(38)36-18-8-9-19(15-18)37-30(40)28-25-24-20(10-11-21(32)27(24)41-28)31(34,29(39)26(25)33)17-12-13-35-22(14-17)16-6-4-3-5-7-16/h2-7,10-14,18-19,26H,1,8-9,15,32-34H2,(H,36,38)(H,37,40)/t18-,19-,26?,31?/m0/s1. The van der Waals surface area contributed by atoms with Crippen molar-refractivity contribution in [2.24, 2.45) is 11.5 Å². The van der Waals surface area contributed by atoms with Crippen molar-refractivity contribution in [1.29, 1.82) is 0 Å². The number of amides is 2. The molecule has 2 aromatic carbocycles. The van der Waals surface area contributed by atoms with Crippen molar-refractivity contribution in [3.8, 4) is 11.3 Å². The summed E-state index contributed by atoms with van der Waals surface area (Å²) in [6, 6.07) is 15.3. The van der Waals surface area contributed by atoms with E-state index in [0.29, 0.717) is 55.9 Å². The average Bonchev–Trinajstić information content (AvgIpc) is 3.61. The highest BCUT2D eigenvalue weighted by Gasteiger charge is 2.49. The van der Waals surface area contributed by atoms with E-state index in [1.807, 2.05) is 36.4 Å². The molecule has 2 aliphatic carbocycles. The number of anilines is 1. The van der Waals surface area contributed by atoms with E-state index in [9.17, 15) is 14.4 Å². The Morgan fingerprint density at radius 2 is 1.80 bits per heavy atom. The maximum absolute atomic E-state index is 14.1. The van der Waals surface area contributed by atoms with Crippen molar-refractivity contribution in [3.05, 3.63) is 95.0 Å². The molecule has 0 aliphatic heterocycles. The highest BCUT2D eigenvalue weighted by atomic mass is 32.1. The van der Waals surface area contributed by atoms with E-state index in [1.54, 1.807) is 24.4 Å². The van der Waals surface area contributed by atoms with Crippen LogP contribution in [0.4, 0.5) is 5.69 Å². The molecule has 6 rings (SSSR count). The summed E-state index contributed by atoms with van der Waals surface area (Å²) in [4.78, 5) is 44.3. The third-order valence-electron chi connectivity index (χ3n) is 8.10. The predicted octanol–water partition coefficient (Wildman–Crippen LogP) is 3.28. The van der Waals surface area contributed by atoms with Crippen LogP contribution >= 0.6 is 11.3 Å². The van der Waals surface area contributed by atoms with Gasteiger partial charge in [0.2, 0.25) is 5.91 Å². The Balaban J connectivity index is 1.40. The SMILES string of the molecule is C=CC(=O)N[C@H]1CC[C@H](NC(=O)c2sc3c(N)ccc4c3c2C(N)C(=O)C4(N)c2ccnc(-c3ccccc3)c2)C1. The number of nitrogens with zero attached hydrogens (tertiary/aromatic N) is 1. The zero-order valence-electron chi connectivity index (χ0n) is 22.2. The number of benzene rings is 2. The quantitative estimate of drug-likeness (QED) is 0.176. The summed E-state index contributed by atoms with van der Waals surface area (Å²) in [5, 5.41) is 6.61. The van der Waals surface area contributed by atoms with Crippen LogP contribution in [0, 0.1) is 0 Å². The molecule has 0 saturated heterocycles. The van der Waals surface area contributed by atoms with Crippen LogP contribution in [0.3, 0.4) is 0 Å². The number of aromatic nitrogens is 1. The molecule has 208 valence electrons. The van der Waals surface area contributed by atoms with Crippen LogP contribution in [-0.4, -0.2) is 34.7 Å². The summed E-state index contributed by atoms with van der Waals surface area (Å²) < 4.78 is 0.667. The zero-order chi connectivity index (χ0) is 28.9. The number of ketones is 1. The molecule has 2 aromatic heterocycles. The van der Waals surface area contributed by atoms with Crippen molar-refractivity contribution in [2.75, 3.05) is 5.73 Å². The number of rotatable bonds is 6. The number of nitrogen functional groups attached to an aromatic ring is 1. The van der Waals surface area contributed by atoms with Gasteiger partial charge in [0, 0.05) is 40.5 Å². The third kappa shape index (κ3) is 4.40. The van der Waals surface area contributed by atoms with E-state index >= 15 is 0 Å². The zero-order valence-corrected chi connectivity index (χ0v) is 23.0. The van der Waals surface area contributed by atoms with Crippen molar-refractivity contribution in [1.82, 2.24) is 15.6 Å². The molecule has 0 bridgehead atoms. The van der Waals surface area contributed by atoms with Crippen molar-refractivity contribution in [3.63, 3.8) is 0 Å². The van der Waals surface area contributed by atoms with Crippen LogP contribution in [0.5, 0.6) is 0 Å². The number of hydrogen-bond acceptors (Lipinski definition) is 8. The summed E-state index contributed by atoms with van der Waals surface area (Å²) in [5.74, 6) is -0.976. The number of carbonyl (C=O) groups is 3. The van der Waals surface area contributed by atoms with Gasteiger partial charge in [-0.25, -0.2) is 0 Å². The van der Waals surface area contributed by atoms with Gasteiger partial charge in [0.25, 0.3) is 5.91 Å². The normalized spacial score (nSPS) is 23.4. The fourth-order valence-electron chi connectivity index (χ4n) is 6.04. The number of nitrogens with two attached hydrogens (primary N) is 3. The lowest BCUT2D eigenvalue weighted by molar-refractivity contribution is -0.124. The molecular formula is C31H30N6O3S. The monoisotopic (exact) mass is 566 g/mol. The van der Waals surface area contributed by atoms with Crippen LogP contribution in [0.2, 0.25) is 0 Å². The predicted molar refractivity (Wildman–Crippen MR) is 160 cm³/mol. The molecule has 10 heteroatoms. The summed E-state index contributed by atoms with van der Waals surface area (Å²) in [6.45, 7) is 3.49. The van der Waals surface area contributed by atoms with Crippen LogP contribution in [0.25, 0.3) is 21.3 Å². The Labute approximate surface area is 240 Å². The van der Waals surface area contributed by atoms with Gasteiger partial charge in [-0.05, 0) is 54.7 Å². The smallest absolute Gasteiger partial charge is 0.261 e. The van der Waals surface area contributed by atoms with Crippen LogP contribution < -0.4 is 27.8 Å². The molecule has 2 amide bonds. The first-order chi connectivity index (χ1) is 19.7. The molecule has 0 radical (unpaired) electrons. The van der Waals surface area contributed by atoms with Crippen molar-refractivity contribution < 1.29 is 14.4 Å². The fraction of sp³-hybridized carbons (Fsp3) is 0.226.